The molecule has 4 atom stereocenters. The van der Waals surface area contributed by atoms with Crippen molar-refractivity contribution in [3.8, 4) is 57.1 Å². The minimum Gasteiger partial charge on any atom is -0.496 e. The maximum Gasteiger partial charge on any atom is 0.138 e. The summed E-state index contributed by atoms with van der Waals surface area (Å²) in [6, 6.07) is 3.88. The van der Waals surface area contributed by atoms with Gasteiger partial charge in [0.25, 0.3) is 0 Å². The molecule has 0 aromatic heterocycles. The van der Waals surface area contributed by atoms with Crippen LogP contribution in [0.15, 0.2) is 37.4 Å². The molecule has 0 radical (unpaired) electrons. The molecule has 52 heavy (non-hydrogen) atoms. The van der Waals surface area contributed by atoms with E-state index in [1.807, 2.05) is 38.1 Å². The van der Waals surface area contributed by atoms with E-state index >= 15 is 0 Å². The average Bonchev–Trinajstić information content (AvgIpc) is 3.15. The lowest BCUT2D eigenvalue weighted by Crippen LogP contribution is -2.26. The van der Waals surface area contributed by atoms with Gasteiger partial charge in [0.1, 0.15) is 46.0 Å². The van der Waals surface area contributed by atoms with E-state index in [-0.39, 0.29) is 24.4 Å². The zero-order valence-corrected chi connectivity index (χ0v) is 31.9. The molecule has 0 fully saturated rings. The second-order valence-electron chi connectivity index (χ2n) is 13.0. The third-order valence-electron chi connectivity index (χ3n) is 10.4. The molecule has 0 spiro atoms. The quantitative estimate of drug-likeness (QED) is 0.125. The Labute approximate surface area is 306 Å². The molecule has 278 valence electrons. The number of hydrogen-bond donors (Lipinski definition) is 0. The molecule has 10 nitrogen and oxygen atoms in total. The van der Waals surface area contributed by atoms with Gasteiger partial charge in [0.2, 0.25) is 0 Å². The van der Waals surface area contributed by atoms with Crippen LogP contribution in [-0.2, 0) is 22.3 Å². The Morgan fingerprint density at radius 1 is 0.519 bits per heavy atom. The van der Waals surface area contributed by atoms with Gasteiger partial charge in [-0.15, -0.1) is 13.2 Å². The molecule has 4 aromatic rings. The van der Waals surface area contributed by atoms with Crippen LogP contribution in [0.1, 0.15) is 61.2 Å². The van der Waals surface area contributed by atoms with Gasteiger partial charge >= 0.3 is 0 Å². The summed E-state index contributed by atoms with van der Waals surface area (Å²) in [5.41, 5.74) is 5.15. The molecule has 2 aliphatic rings. The monoisotopic (exact) mass is 714 g/mol. The van der Waals surface area contributed by atoms with Gasteiger partial charge in [-0.2, -0.15) is 0 Å². The van der Waals surface area contributed by atoms with Crippen LogP contribution in [0.3, 0.4) is 0 Å². The zero-order chi connectivity index (χ0) is 37.4. The van der Waals surface area contributed by atoms with Crippen molar-refractivity contribution in [1.82, 2.24) is 0 Å². The number of rotatable bonds is 13. The van der Waals surface area contributed by atoms with Gasteiger partial charge in [0.15, 0.2) is 0 Å². The van der Waals surface area contributed by atoms with Crippen LogP contribution in [0.5, 0.6) is 46.0 Å². The van der Waals surface area contributed by atoms with Crippen molar-refractivity contribution in [2.75, 3.05) is 56.9 Å². The second kappa shape index (κ2) is 15.0. The van der Waals surface area contributed by atoms with Crippen molar-refractivity contribution in [3.05, 3.63) is 59.7 Å². The molecule has 0 amide bonds. The number of benzene rings is 4. The summed E-state index contributed by atoms with van der Waals surface area (Å²) in [4.78, 5) is 0. The van der Waals surface area contributed by atoms with Crippen molar-refractivity contribution in [2.24, 2.45) is 0 Å². The first-order valence-electron chi connectivity index (χ1n) is 17.5. The first-order chi connectivity index (χ1) is 25.2. The minimum absolute atomic E-state index is 0.0590. The average molecular weight is 715 g/mol. The van der Waals surface area contributed by atoms with E-state index in [1.54, 1.807) is 56.9 Å². The summed E-state index contributed by atoms with van der Waals surface area (Å²) in [5, 5.41) is 2.82. The van der Waals surface area contributed by atoms with Gasteiger partial charge in [0.05, 0.1) is 103 Å². The van der Waals surface area contributed by atoms with Crippen molar-refractivity contribution in [3.63, 3.8) is 0 Å². The third-order valence-corrected chi connectivity index (χ3v) is 10.4. The van der Waals surface area contributed by atoms with Crippen LogP contribution >= 0.6 is 0 Å². The number of ether oxygens (including phenoxy) is 10. The standard InChI is InChI=1S/C42H50O10/c1-13-15-23-17-27-31(21(3)51-23)41(49-11)35-33(39(27)47-9)29(43-5)19-25(37(35)45-7)26-20-30(44-6)34-36(38(26)46-8)42(50-12)32-22(4)52-24(16-14-2)18-28(32)40(34)48-10/h13-14,19-24H,1-2,15-18H2,3-12H3. The molecule has 0 N–H and O–H groups in total. The van der Waals surface area contributed by atoms with Crippen LogP contribution in [0, 0.1) is 0 Å². The Bertz CT molecular complexity index is 1890. The topological polar surface area (TPSA) is 92.3 Å². The van der Waals surface area contributed by atoms with E-state index in [1.165, 1.54) is 0 Å². The SMILES string of the molecule is C=CCC1Cc2c(c(OC)c3c(OC)c(-c4cc(OC)c5c(OC)c6c(c(OC)c5c4OC)C(C)OC(CC=C)C6)cc(OC)c3c2OC)C(C)O1. The highest BCUT2D eigenvalue weighted by atomic mass is 16.5. The number of hydrogen-bond acceptors (Lipinski definition) is 10. The van der Waals surface area contributed by atoms with Crippen LogP contribution < -0.4 is 37.9 Å². The molecule has 0 bridgehead atoms. The zero-order valence-electron chi connectivity index (χ0n) is 31.9. The van der Waals surface area contributed by atoms with E-state index in [0.717, 1.165) is 33.0 Å². The lowest BCUT2D eigenvalue weighted by molar-refractivity contribution is -0.0153. The molecular formula is C42H50O10. The molecule has 0 saturated carbocycles. The molecule has 2 heterocycles. The molecule has 2 aliphatic heterocycles. The summed E-state index contributed by atoms with van der Waals surface area (Å²) in [6.07, 6.45) is 5.68. The normalized spacial score (nSPS) is 19.3. The van der Waals surface area contributed by atoms with Gasteiger partial charge in [-0.05, 0) is 38.8 Å². The van der Waals surface area contributed by atoms with Crippen molar-refractivity contribution >= 4 is 21.5 Å². The summed E-state index contributed by atoms with van der Waals surface area (Å²) in [6.45, 7) is 11.9. The van der Waals surface area contributed by atoms with Gasteiger partial charge in [0, 0.05) is 46.2 Å². The third kappa shape index (κ3) is 5.63. The van der Waals surface area contributed by atoms with E-state index < -0.39 is 0 Å². The smallest absolute Gasteiger partial charge is 0.138 e. The first-order valence-corrected chi connectivity index (χ1v) is 17.5. The Balaban J connectivity index is 1.77. The maximum atomic E-state index is 6.47. The summed E-state index contributed by atoms with van der Waals surface area (Å²) >= 11 is 0. The number of methoxy groups -OCH3 is 8. The van der Waals surface area contributed by atoms with Crippen molar-refractivity contribution < 1.29 is 47.4 Å². The fourth-order valence-corrected chi connectivity index (χ4v) is 8.45. The Kier molecular flexibility index (Phi) is 10.7. The van der Waals surface area contributed by atoms with Crippen LogP contribution in [0.4, 0.5) is 0 Å². The highest BCUT2D eigenvalue weighted by Crippen LogP contribution is 2.59. The van der Waals surface area contributed by atoms with Crippen LogP contribution in [0.25, 0.3) is 32.7 Å². The highest BCUT2D eigenvalue weighted by Gasteiger charge is 2.38. The Hall–Kier alpha value is -4.80. The largest absolute Gasteiger partial charge is 0.496 e. The summed E-state index contributed by atoms with van der Waals surface area (Å²) in [7, 11) is 13.2. The fraction of sp³-hybridized carbons (Fsp3) is 0.429. The lowest BCUT2D eigenvalue weighted by atomic mass is 9.85. The van der Waals surface area contributed by atoms with Crippen LogP contribution in [0.2, 0.25) is 0 Å². The van der Waals surface area contributed by atoms with Crippen molar-refractivity contribution in [2.45, 2.75) is 63.9 Å². The van der Waals surface area contributed by atoms with E-state index in [0.29, 0.717) is 93.6 Å². The molecule has 4 unspecified atom stereocenters. The molecule has 0 saturated heterocycles. The second-order valence-corrected chi connectivity index (χ2v) is 13.0. The van der Waals surface area contributed by atoms with Gasteiger partial charge in [-0.3, -0.25) is 0 Å². The van der Waals surface area contributed by atoms with E-state index in [4.69, 9.17) is 47.4 Å². The fourth-order valence-electron chi connectivity index (χ4n) is 8.45. The van der Waals surface area contributed by atoms with Gasteiger partial charge in [-0.25, -0.2) is 0 Å². The van der Waals surface area contributed by atoms with Crippen molar-refractivity contribution in [1.29, 1.82) is 0 Å². The summed E-state index contributed by atoms with van der Waals surface area (Å²) < 4.78 is 62.9. The van der Waals surface area contributed by atoms with Crippen LogP contribution in [-0.4, -0.2) is 69.1 Å². The van der Waals surface area contributed by atoms with Gasteiger partial charge in [-0.1, -0.05) is 12.2 Å². The Morgan fingerprint density at radius 2 is 0.865 bits per heavy atom. The molecule has 6 rings (SSSR count). The predicted octanol–water partition coefficient (Wildman–Crippen LogP) is 8.89. The van der Waals surface area contributed by atoms with E-state index in [2.05, 4.69) is 13.2 Å². The lowest BCUT2D eigenvalue weighted by Gasteiger charge is -2.34. The van der Waals surface area contributed by atoms with Gasteiger partial charge < -0.3 is 47.4 Å². The molecule has 4 aromatic carbocycles. The number of fused-ring (bicyclic) bond motifs is 4. The maximum absolute atomic E-state index is 6.47. The highest BCUT2D eigenvalue weighted by molar-refractivity contribution is 6.12. The summed E-state index contributed by atoms with van der Waals surface area (Å²) in [5.74, 6) is 4.79. The Morgan fingerprint density at radius 3 is 1.15 bits per heavy atom. The molecule has 10 heteroatoms. The first kappa shape index (κ1) is 37.0. The predicted molar refractivity (Wildman–Crippen MR) is 203 cm³/mol. The molecule has 0 aliphatic carbocycles. The molecular weight excluding hydrogens is 664 g/mol. The van der Waals surface area contributed by atoms with E-state index in [9.17, 15) is 0 Å². The minimum atomic E-state index is -0.296.